The van der Waals surface area contributed by atoms with E-state index in [0.29, 0.717) is 5.56 Å². The maximum Gasteiger partial charge on any atom is 0.123 e. The smallest absolute Gasteiger partial charge is 0.123 e. The van der Waals surface area contributed by atoms with Gasteiger partial charge in [-0.25, -0.2) is 0 Å². The Bertz CT molecular complexity index is 365. The highest BCUT2D eigenvalue weighted by Gasteiger charge is 2.18. The van der Waals surface area contributed by atoms with Crippen molar-refractivity contribution in [3.05, 3.63) is 33.9 Å². The molecule has 94 valence electrons. The number of aromatic hydroxyl groups is 2. The van der Waals surface area contributed by atoms with Crippen molar-refractivity contribution in [2.45, 2.75) is 38.5 Å². The van der Waals surface area contributed by atoms with E-state index in [4.69, 9.17) is 0 Å². The third-order valence-electron chi connectivity index (χ3n) is 2.87. The number of unbranched alkanes of at least 4 members (excludes halogenated alkanes) is 1. The number of halogens is 1. The summed E-state index contributed by atoms with van der Waals surface area (Å²) in [6, 6.07) is 3.38. The van der Waals surface area contributed by atoms with E-state index in [1.807, 2.05) is 6.08 Å². The van der Waals surface area contributed by atoms with Crippen LogP contribution in [-0.4, -0.2) is 10.2 Å². The zero-order valence-corrected chi connectivity index (χ0v) is 12.3. The summed E-state index contributed by atoms with van der Waals surface area (Å²) in [5, 5.41) is 19.9. The molecule has 0 aliphatic rings. The van der Waals surface area contributed by atoms with Gasteiger partial charge in [0.1, 0.15) is 11.5 Å². The molecule has 0 saturated heterocycles. The van der Waals surface area contributed by atoms with Gasteiger partial charge in [-0.1, -0.05) is 25.8 Å². The van der Waals surface area contributed by atoms with E-state index in [2.05, 4.69) is 36.1 Å². The summed E-state index contributed by atoms with van der Waals surface area (Å²) in [6.07, 6.45) is 5.78. The minimum absolute atomic E-state index is 0.157. The molecule has 0 aliphatic carbocycles. The van der Waals surface area contributed by atoms with Crippen LogP contribution in [0.5, 0.6) is 11.5 Å². The number of phenolic OH excluding ortho intramolecular Hbond substituents is 2. The Morgan fingerprint density at radius 1 is 1.35 bits per heavy atom. The topological polar surface area (TPSA) is 40.5 Å². The molecule has 2 N–H and O–H groups in total. The number of phenols is 2. The lowest BCUT2D eigenvalue weighted by molar-refractivity contribution is 0.421. The van der Waals surface area contributed by atoms with Crippen molar-refractivity contribution >= 4 is 22.6 Å². The third-order valence-corrected chi connectivity index (χ3v) is 3.49. The van der Waals surface area contributed by atoms with Gasteiger partial charge in [-0.2, -0.15) is 0 Å². The molecule has 3 heteroatoms. The van der Waals surface area contributed by atoms with Crippen molar-refractivity contribution < 1.29 is 10.2 Å². The molecule has 0 bridgehead atoms. The third kappa shape index (κ3) is 3.91. The Labute approximate surface area is 117 Å². The van der Waals surface area contributed by atoms with Crippen molar-refractivity contribution in [1.82, 2.24) is 0 Å². The van der Waals surface area contributed by atoms with Crippen LogP contribution in [0, 0.1) is 3.57 Å². The quantitative estimate of drug-likeness (QED) is 0.586. The molecule has 1 aromatic carbocycles. The van der Waals surface area contributed by atoms with Crippen molar-refractivity contribution in [1.29, 1.82) is 0 Å². The normalized spacial score (nSPS) is 12.4. The largest absolute Gasteiger partial charge is 0.507 e. The summed E-state index contributed by atoms with van der Waals surface area (Å²) < 4.78 is 0.842. The fraction of sp³-hybridized carbons (Fsp3) is 0.429. The van der Waals surface area contributed by atoms with E-state index in [9.17, 15) is 10.2 Å². The molecule has 1 rings (SSSR count). The van der Waals surface area contributed by atoms with Gasteiger partial charge in [-0.3, -0.25) is 0 Å². The van der Waals surface area contributed by atoms with Crippen LogP contribution in [0.4, 0.5) is 0 Å². The average molecular weight is 346 g/mol. The Morgan fingerprint density at radius 2 is 1.94 bits per heavy atom. The molecular weight excluding hydrogens is 327 g/mol. The zero-order chi connectivity index (χ0) is 12.8. The summed E-state index contributed by atoms with van der Waals surface area (Å²) in [5.41, 5.74) is 0.666. The number of hydrogen-bond acceptors (Lipinski definition) is 2. The highest BCUT2D eigenvalue weighted by Crippen LogP contribution is 2.39. The van der Waals surface area contributed by atoms with Crippen LogP contribution in [0.25, 0.3) is 0 Å². The molecule has 0 radical (unpaired) electrons. The van der Waals surface area contributed by atoms with Crippen LogP contribution in [0.1, 0.15) is 44.1 Å². The Hall–Kier alpha value is -0.710. The molecule has 17 heavy (non-hydrogen) atoms. The fourth-order valence-corrected chi connectivity index (χ4v) is 2.63. The van der Waals surface area contributed by atoms with E-state index >= 15 is 0 Å². The maximum atomic E-state index is 9.97. The first-order valence-corrected chi connectivity index (χ1v) is 7.00. The van der Waals surface area contributed by atoms with Crippen LogP contribution in [0.2, 0.25) is 0 Å². The standard InChI is InChI=1S/C14H19IO2/c1-3-5-7-10(6-4-2)14-12(16)8-11(15)9-13(14)17/h4,8-10,16-17H,2-3,5-7H2,1H3/t10-/m1/s1. The first-order chi connectivity index (χ1) is 8.10. The minimum Gasteiger partial charge on any atom is -0.507 e. The highest BCUT2D eigenvalue weighted by atomic mass is 127. The van der Waals surface area contributed by atoms with Gasteiger partial charge in [0.15, 0.2) is 0 Å². The van der Waals surface area contributed by atoms with Gasteiger partial charge in [0.25, 0.3) is 0 Å². The molecular formula is C14H19IO2. The lowest BCUT2D eigenvalue weighted by Gasteiger charge is -2.18. The van der Waals surface area contributed by atoms with Crippen molar-refractivity contribution in [2.24, 2.45) is 0 Å². The van der Waals surface area contributed by atoms with Crippen LogP contribution in [0.15, 0.2) is 24.8 Å². The fourth-order valence-electron chi connectivity index (χ4n) is 2.04. The van der Waals surface area contributed by atoms with Gasteiger partial charge < -0.3 is 10.2 Å². The van der Waals surface area contributed by atoms with Gasteiger partial charge in [0.2, 0.25) is 0 Å². The SMILES string of the molecule is C=CC[C@H](CCCC)c1c(O)cc(I)cc1O. The van der Waals surface area contributed by atoms with Gasteiger partial charge >= 0.3 is 0 Å². The van der Waals surface area contributed by atoms with Crippen molar-refractivity contribution in [3.63, 3.8) is 0 Å². The molecule has 0 amide bonds. The van der Waals surface area contributed by atoms with Crippen LogP contribution in [0.3, 0.4) is 0 Å². The average Bonchev–Trinajstić information content (AvgIpc) is 2.24. The predicted octanol–water partition coefficient (Wildman–Crippen LogP) is 4.55. The summed E-state index contributed by atoms with van der Waals surface area (Å²) >= 11 is 2.08. The first kappa shape index (κ1) is 14.4. The number of rotatable bonds is 6. The van der Waals surface area contributed by atoms with E-state index < -0.39 is 0 Å². The zero-order valence-electron chi connectivity index (χ0n) is 10.1. The molecule has 2 nitrogen and oxygen atoms in total. The Balaban J connectivity index is 3.04. The van der Waals surface area contributed by atoms with Gasteiger partial charge in [0.05, 0.1) is 0 Å². The van der Waals surface area contributed by atoms with Gasteiger partial charge in [-0.05, 0) is 53.5 Å². The molecule has 0 unspecified atom stereocenters. The van der Waals surface area contributed by atoms with Crippen molar-refractivity contribution in [3.8, 4) is 11.5 Å². The Kier molecular flexibility index (Phi) is 5.82. The van der Waals surface area contributed by atoms with Crippen LogP contribution >= 0.6 is 22.6 Å². The maximum absolute atomic E-state index is 9.97. The second-order valence-corrected chi connectivity index (χ2v) is 5.47. The van der Waals surface area contributed by atoms with Crippen LogP contribution < -0.4 is 0 Å². The van der Waals surface area contributed by atoms with Crippen molar-refractivity contribution in [2.75, 3.05) is 0 Å². The molecule has 0 saturated carbocycles. The van der Waals surface area contributed by atoms with E-state index in [1.54, 1.807) is 12.1 Å². The van der Waals surface area contributed by atoms with Gasteiger partial charge in [-0.15, -0.1) is 6.58 Å². The predicted molar refractivity (Wildman–Crippen MR) is 79.6 cm³/mol. The number of hydrogen-bond donors (Lipinski definition) is 2. The lowest BCUT2D eigenvalue weighted by Crippen LogP contribution is -1.99. The molecule has 0 spiro atoms. The minimum atomic E-state index is 0.157. The summed E-state index contributed by atoms with van der Waals surface area (Å²) in [6.45, 7) is 5.88. The summed E-state index contributed by atoms with van der Waals surface area (Å²) in [4.78, 5) is 0. The lowest BCUT2D eigenvalue weighted by atomic mass is 9.89. The van der Waals surface area contributed by atoms with Gasteiger partial charge in [0, 0.05) is 9.13 Å². The molecule has 0 heterocycles. The molecule has 0 aromatic heterocycles. The number of benzene rings is 1. The van der Waals surface area contributed by atoms with E-state index in [-0.39, 0.29) is 17.4 Å². The van der Waals surface area contributed by atoms with Crippen LogP contribution in [-0.2, 0) is 0 Å². The monoisotopic (exact) mass is 346 g/mol. The van der Waals surface area contributed by atoms with E-state index in [0.717, 1.165) is 29.3 Å². The van der Waals surface area contributed by atoms with E-state index in [1.165, 1.54) is 0 Å². The molecule has 1 atom stereocenters. The second kappa shape index (κ2) is 6.89. The second-order valence-electron chi connectivity index (χ2n) is 4.22. The summed E-state index contributed by atoms with van der Waals surface area (Å²) in [5.74, 6) is 0.541. The first-order valence-electron chi connectivity index (χ1n) is 5.92. The number of allylic oxidation sites excluding steroid dienone is 1. The summed E-state index contributed by atoms with van der Waals surface area (Å²) in [7, 11) is 0. The highest BCUT2D eigenvalue weighted by molar-refractivity contribution is 14.1. The Morgan fingerprint density at radius 3 is 2.41 bits per heavy atom. The molecule has 1 aromatic rings. The molecule has 0 aliphatic heterocycles. The molecule has 0 fully saturated rings.